The Balaban J connectivity index is 2.20. The highest BCUT2D eigenvalue weighted by molar-refractivity contribution is 6.74. The first-order valence-electron chi connectivity index (χ1n) is 11.7. The molecule has 8 nitrogen and oxygen atoms in total. The fourth-order valence-corrected chi connectivity index (χ4v) is 4.51. The van der Waals surface area contributed by atoms with Crippen LogP contribution in [0.3, 0.4) is 0 Å². The molecule has 0 aliphatic carbocycles. The van der Waals surface area contributed by atoms with Crippen LogP contribution in [0.5, 0.6) is 5.75 Å². The fourth-order valence-electron chi connectivity index (χ4n) is 3.33. The van der Waals surface area contributed by atoms with Crippen LogP contribution in [0.2, 0.25) is 18.1 Å². The first-order chi connectivity index (χ1) is 15.7. The van der Waals surface area contributed by atoms with E-state index >= 15 is 0 Å². The molecule has 34 heavy (non-hydrogen) atoms. The van der Waals surface area contributed by atoms with Crippen molar-refractivity contribution in [2.24, 2.45) is 0 Å². The van der Waals surface area contributed by atoms with Crippen molar-refractivity contribution in [2.75, 3.05) is 27.9 Å². The third kappa shape index (κ3) is 7.01. The molecular formula is C25H44O8Si. The normalized spacial score (nSPS) is 25.4. The second kappa shape index (κ2) is 11.3. The number of hydrogen-bond acceptors (Lipinski definition) is 8. The lowest BCUT2D eigenvalue weighted by Gasteiger charge is -2.46. The van der Waals surface area contributed by atoms with Gasteiger partial charge in [-0.3, -0.25) is 0 Å². The summed E-state index contributed by atoms with van der Waals surface area (Å²) in [6.07, 6.45) is -0.879. The van der Waals surface area contributed by atoms with Crippen molar-refractivity contribution in [3.63, 3.8) is 0 Å². The molecule has 0 spiro atoms. The summed E-state index contributed by atoms with van der Waals surface area (Å²) >= 11 is 0. The van der Waals surface area contributed by atoms with E-state index in [0.29, 0.717) is 13.0 Å². The van der Waals surface area contributed by atoms with Gasteiger partial charge in [0.1, 0.15) is 18.1 Å². The van der Waals surface area contributed by atoms with Crippen molar-refractivity contribution in [3.8, 4) is 5.75 Å². The molecule has 196 valence electrons. The summed E-state index contributed by atoms with van der Waals surface area (Å²) in [7, 11) is 2.45. The van der Waals surface area contributed by atoms with Gasteiger partial charge in [-0.2, -0.15) is 0 Å². The van der Waals surface area contributed by atoms with E-state index < -0.39 is 38.4 Å². The molecule has 1 aromatic carbocycles. The molecule has 1 fully saturated rings. The van der Waals surface area contributed by atoms with Crippen molar-refractivity contribution in [1.82, 2.24) is 0 Å². The molecule has 1 aromatic rings. The quantitative estimate of drug-likeness (QED) is 0.352. The standard InChI is InChI=1S/C25H44O8Si/c1-23(2,3)34(9,10)33-22-15-20(32-25(5,29-8)24(4,26)28-7)21(17-31-22)30-16-18-11-13-19(27-6)14-12-18/h11-14,20-22,26H,15-17H2,1-10H3/t20-,21?,22?,24?,25?/m0/s1. The Labute approximate surface area is 205 Å². The SMILES string of the molecule is COc1ccc(COC2COC(O[Si](C)(C)C(C)(C)C)C[C@@H]2OC(C)(OC)C(C)(O)OC)cc1. The van der Waals surface area contributed by atoms with Gasteiger partial charge in [0.05, 0.1) is 26.4 Å². The van der Waals surface area contributed by atoms with E-state index in [1.807, 2.05) is 24.3 Å². The molecule has 0 radical (unpaired) electrons. The monoisotopic (exact) mass is 500 g/mol. The Morgan fingerprint density at radius 2 is 1.59 bits per heavy atom. The van der Waals surface area contributed by atoms with Crippen LogP contribution in [-0.2, 0) is 34.7 Å². The summed E-state index contributed by atoms with van der Waals surface area (Å²) in [6.45, 7) is 14.8. The topological polar surface area (TPSA) is 84.8 Å². The Hall–Kier alpha value is -1.04. The number of aliphatic hydroxyl groups is 1. The predicted molar refractivity (Wildman–Crippen MR) is 132 cm³/mol. The number of benzene rings is 1. The average molecular weight is 501 g/mol. The van der Waals surface area contributed by atoms with E-state index in [1.54, 1.807) is 14.0 Å². The zero-order valence-corrected chi connectivity index (χ0v) is 23.5. The summed E-state index contributed by atoms with van der Waals surface area (Å²) in [4.78, 5) is 0. The number of ether oxygens (including phenoxy) is 6. The van der Waals surface area contributed by atoms with Crippen molar-refractivity contribution in [3.05, 3.63) is 29.8 Å². The first-order valence-corrected chi connectivity index (χ1v) is 14.6. The van der Waals surface area contributed by atoms with Crippen LogP contribution < -0.4 is 4.74 Å². The third-order valence-electron chi connectivity index (χ3n) is 7.15. The highest BCUT2D eigenvalue weighted by atomic mass is 28.4. The maximum absolute atomic E-state index is 10.8. The second-order valence-electron chi connectivity index (χ2n) is 10.6. The van der Waals surface area contributed by atoms with E-state index in [0.717, 1.165) is 11.3 Å². The summed E-state index contributed by atoms with van der Waals surface area (Å²) in [5.74, 6) is -2.34. The molecule has 1 aliphatic rings. The third-order valence-corrected chi connectivity index (χ3v) is 11.6. The highest BCUT2D eigenvalue weighted by Crippen LogP contribution is 2.40. The first kappa shape index (κ1) is 29.2. The van der Waals surface area contributed by atoms with Gasteiger partial charge in [-0.15, -0.1) is 0 Å². The Morgan fingerprint density at radius 1 is 0.971 bits per heavy atom. The van der Waals surface area contributed by atoms with E-state index in [2.05, 4.69) is 33.9 Å². The van der Waals surface area contributed by atoms with Gasteiger partial charge in [-0.05, 0) is 49.7 Å². The minimum atomic E-state index is -2.07. The molecule has 1 N–H and O–H groups in total. The van der Waals surface area contributed by atoms with Gasteiger partial charge in [-0.1, -0.05) is 32.9 Å². The molecule has 0 amide bonds. The Bertz CT molecular complexity index is 761. The molecule has 1 saturated heterocycles. The lowest BCUT2D eigenvalue weighted by atomic mass is 10.0. The fraction of sp³-hybridized carbons (Fsp3) is 0.760. The van der Waals surface area contributed by atoms with E-state index in [1.165, 1.54) is 21.1 Å². The van der Waals surface area contributed by atoms with Gasteiger partial charge in [0.15, 0.2) is 8.32 Å². The van der Waals surface area contributed by atoms with E-state index in [-0.39, 0.29) is 11.6 Å². The lowest BCUT2D eigenvalue weighted by molar-refractivity contribution is -0.395. The zero-order chi connectivity index (χ0) is 25.8. The zero-order valence-electron chi connectivity index (χ0n) is 22.5. The average Bonchev–Trinajstić information content (AvgIpc) is 2.77. The summed E-state index contributed by atoms with van der Waals surface area (Å²) in [5, 5.41) is 10.8. The smallest absolute Gasteiger partial charge is 0.220 e. The molecule has 1 heterocycles. The van der Waals surface area contributed by atoms with Gasteiger partial charge in [0.2, 0.25) is 11.6 Å². The largest absolute Gasteiger partial charge is 0.497 e. The van der Waals surface area contributed by atoms with Crippen LogP contribution in [0.1, 0.15) is 46.6 Å². The molecule has 0 aromatic heterocycles. The van der Waals surface area contributed by atoms with Crippen molar-refractivity contribution < 1.29 is 38.0 Å². The second-order valence-corrected chi connectivity index (χ2v) is 15.3. The van der Waals surface area contributed by atoms with Crippen LogP contribution in [0, 0.1) is 0 Å². The van der Waals surface area contributed by atoms with Crippen LogP contribution in [0.25, 0.3) is 0 Å². The molecule has 4 unspecified atom stereocenters. The van der Waals surface area contributed by atoms with Gasteiger partial charge < -0.3 is 38.0 Å². The maximum Gasteiger partial charge on any atom is 0.220 e. The van der Waals surface area contributed by atoms with Gasteiger partial charge in [0.25, 0.3) is 0 Å². The maximum atomic E-state index is 10.8. The highest BCUT2D eigenvalue weighted by Gasteiger charge is 2.50. The summed E-state index contributed by atoms with van der Waals surface area (Å²) in [6, 6.07) is 7.70. The Morgan fingerprint density at radius 3 is 2.09 bits per heavy atom. The van der Waals surface area contributed by atoms with Crippen molar-refractivity contribution in [2.45, 2.75) is 95.9 Å². The lowest BCUT2D eigenvalue weighted by Crippen LogP contribution is -2.59. The summed E-state index contributed by atoms with van der Waals surface area (Å²) < 4.78 is 41.3. The summed E-state index contributed by atoms with van der Waals surface area (Å²) in [5.41, 5.74) is 0.998. The van der Waals surface area contributed by atoms with E-state index in [9.17, 15) is 5.11 Å². The van der Waals surface area contributed by atoms with Gasteiger partial charge in [0, 0.05) is 20.6 Å². The van der Waals surface area contributed by atoms with Crippen molar-refractivity contribution >= 4 is 8.32 Å². The van der Waals surface area contributed by atoms with Crippen molar-refractivity contribution in [1.29, 1.82) is 0 Å². The molecule has 1 aliphatic heterocycles. The molecule has 0 bridgehead atoms. The Kier molecular flexibility index (Phi) is 9.74. The van der Waals surface area contributed by atoms with Gasteiger partial charge >= 0.3 is 0 Å². The number of rotatable bonds is 11. The predicted octanol–water partition coefficient (Wildman–Crippen LogP) is 4.45. The molecule has 5 atom stereocenters. The van der Waals surface area contributed by atoms with Gasteiger partial charge in [-0.25, -0.2) is 0 Å². The van der Waals surface area contributed by atoms with Crippen LogP contribution in [-0.4, -0.2) is 71.4 Å². The van der Waals surface area contributed by atoms with Crippen LogP contribution in [0.4, 0.5) is 0 Å². The number of methoxy groups -OCH3 is 3. The molecule has 0 saturated carbocycles. The van der Waals surface area contributed by atoms with Crippen LogP contribution >= 0.6 is 0 Å². The van der Waals surface area contributed by atoms with E-state index in [4.69, 9.17) is 32.8 Å². The van der Waals surface area contributed by atoms with Crippen LogP contribution in [0.15, 0.2) is 24.3 Å². The molecular weight excluding hydrogens is 456 g/mol. The minimum Gasteiger partial charge on any atom is -0.497 e. The number of hydrogen-bond donors (Lipinski definition) is 1. The molecule has 2 rings (SSSR count). The molecule has 9 heteroatoms. The minimum absolute atomic E-state index is 0.0369.